The summed E-state index contributed by atoms with van der Waals surface area (Å²) in [6, 6.07) is -1.48. The number of amides is 1. The molecule has 0 aromatic carbocycles. The summed E-state index contributed by atoms with van der Waals surface area (Å²) in [5, 5.41) is 11.3. The Morgan fingerprint density at radius 1 is 1.40 bits per heavy atom. The molecule has 0 heterocycles. The van der Waals surface area contributed by atoms with Gasteiger partial charge >= 0.3 is 5.97 Å². The van der Waals surface area contributed by atoms with Crippen LogP contribution in [0.5, 0.6) is 0 Å². The quantitative estimate of drug-likeness (QED) is 0.597. The molecule has 0 spiro atoms. The molecule has 0 saturated carbocycles. The molecule has 0 aliphatic heterocycles. The number of carbonyl (C=O) groups excluding carboxylic acids is 1. The molecule has 0 fully saturated rings. The van der Waals surface area contributed by atoms with Gasteiger partial charge in [0.15, 0.2) is 0 Å². The Kier molecular flexibility index (Phi) is 5.93. The number of carbonyl (C=O) groups is 2. The molecule has 0 unspecified atom stereocenters. The molecule has 15 heavy (non-hydrogen) atoms. The maximum absolute atomic E-state index is 11.5. The van der Waals surface area contributed by atoms with E-state index in [1.165, 1.54) is 0 Å². The van der Waals surface area contributed by atoms with Crippen LogP contribution < -0.4 is 11.1 Å². The zero-order valence-corrected chi connectivity index (χ0v) is 9.49. The molecule has 0 aliphatic rings. The average Bonchev–Trinajstić information content (AvgIpc) is 2.15. The van der Waals surface area contributed by atoms with E-state index in [1.807, 2.05) is 20.8 Å². The van der Waals surface area contributed by atoms with Crippen molar-refractivity contribution in [2.75, 3.05) is 0 Å². The molecule has 5 heteroatoms. The third kappa shape index (κ3) is 4.78. The molecule has 2 atom stereocenters. The minimum atomic E-state index is -1.01. The number of nitrogens with two attached hydrogens (primary N) is 1. The maximum atomic E-state index is 11.5. The number of hydrogen-bond donors (Lipinski definition) is 3. The summed E-state index contributed by atoms with van der Waals surface area (Å²) in [5.41, 5.74) is 5.60. The van der Waals surface area contributed by atoms with Gasteiger partial charge in [0.2, 0.25) is 5.91 Å². The number of carboxylic acid groups (broad SMARTS) is 1. The Morgan fingerprint density at radius 2 is 1.93 bits per heavy atom. The van der Waals surface area contributed by atoms with Crippen LogP contribution in [0.15, 0.2) is 0 Å². The van der Waals surface area contributed by atoms with Crippen molar-refractivity contribution in [1.82, 2.24) is 5.32 Å². The van der Waals surface area contributed by atoms with Gasteiger partial charge in [0.25, 0.3) is 0 Å². The van der Waals surface area contributed by atoms with E-state index in [2.05, 4.69) is 5.32 Å². The van der Waals surface area contributed by atoms with Gasteiger partial charge in [-0.15, -0.1) is 0 Å². The Bertz CT molecular complexity index is 229. The SMILES string of the molecule is CCC[C@H](NC(=O)[C@H](N)C(C)C)C(=O)O. The van der Waals surface area contributed by atoms with E-state index >= 15 is 0 Å². The Labute approximate surface area is 90.0 Å². The predicted octanol–water partition coefficient (Wildman–Crippen LogP) is 0.339. The van der Waals surface area contributed by atoms with Crippen LogP contribution in [-0.4, -0.2) is 29.1 Å². The summed E-state index contributed by atoms with van der Waals surface area (Å²) in [5.74, 6) is -1.41. The van der Waals surface area contributed by atoms with Crippen molar-refractivity contribution in [3.63, 3.8) is 0 Å². The summed E-state index contributed by atoms with van der Waals surface area (Å²) in [6.45, 7) is 5.50. The van der Waals surface area contributed by atoms with E-state index in [1.54, 1.807) is 0 Å². The Balaban J connectivity index is 4.28. The lowest BCUT2D eigenvalue weighted by Crippen LogP contribution is -2.50. The summed E-state index contributed by atoms with van der Waals surface area (Å²) >= 11 is 0. The lowest BCUT2D eigenvalue weighted by atomic mass is 10.0. The molecular weight excluding hydrogens is 196 g/mol. The van der Waals surface area contributed by atoms with Gasteiger partial charge in [-0.2, -0.15) is 0 Å². The maximum Gasteiger partial charge on any atom is 0.326 e. The van der Waals surface area contributed by atoms with Crippen LogP contribution in [0.3, 0.4) is 0 Å². The number of nitrogens with one attached hydrogen (secondary N) is 1. The van der Waals surface area contributed by atoms with E-state index in [0.29, 0.717) is 12.8 Å². The molecule has 0 bridgehead atoms. The second-order valence-corrected chi connectivity index (χ2v) is 3.96. The third-order valence-corrected chi connectivity index (χ3v) is 2.21. The van der Waals surface area contributed by atoms with Crippen LogP contribution in [0.25, 0.3) is 0 Å². The topological polar surface area (TPSA) is 92.4 Å². The fourth-order valence-electron chi connectivity index (χ4n) is 1.12. The fraction of sp³-hybridized carbons (Fsp3) is 0.800. The van der Waals surface area contributed by atoms with Gasteiger partial charge in [0.1, 0.15) is 6.04 Å². The number of rotatable bonds is 6. The normalized spacial score (nSPS) is 14.7. The highest BCUT2D eigenvalue weighted by molar-refractivity contribution is 5.86. The Hall–Kier alpha value is -1.10. The lowest BCUT2D eigenvalue weighted by Gasteiger charge is -2.19. The van der Waals surface area contributed by atoms with Crippen LogP contribution in [-0.2, 0) is 9.59 Å². The van der Waals surface area contributed by atoms with E-state index in [-0.39, 0.29) is 5.92 Å². The van der Waals surface area contributed by atoms with E-state index in [0.717, 1.165) is 0 Å². The molecule has 1 amide bonds. The first kappa shape index (κ1) is 13.9. The molecule has 0 aromatic heterocycles. The molecule has 0 radical (unpaired) electrons. The largest absolute Gasteiger partial charge is 0.480 e. The molecule has 0 aliphatic carbocycles. The molecule has 0 aromatic rings. The fourth-order valence-corrected chi connectivity index (χ4v) is 1.12. The lowest BCUT2D eigenvalue weighted by molar-refractivity contribution is -0.142. The molecular formula is C10H20N2O3. The number of carboxylic acids is 1. The summed E-state index contributed by atoms with van der Waals surface area (Å²) < 4.78 is 0. The first-order chi connectivity index (χ1) is 6.90. The zero-order chi connectivity index (χ0) is 12.0. The zero-order valence-electron chi connectivity index (χ0n) is 9.49. The molecule has 0 rings (SSSR count). The second kappa shape index (κ2) is 6.40. The number of hydrogen-bond acceptors (Lipinski definition) is 3. The Morgan fingerprint density at radius 3 is 2.27 bits per heavy atom. The average molecular weight is 216 g/mol. The van der Waals surface area contributed by atoms with Crippen molar-refractivity contribution >= 4 is 11.9 Å². The summed E-state index contributed by atoms with van der Waals surface area (Å²) in [7, 11) is 0. The molecule has 88 valence electrons. The van der Waals surface area contributed by atoms with Crippen molar-refractivity contribution in [2.45, 2.75) is 45.7 Å². The van der Waals surface area contributed by atoms with Gasteiger partial charge in [0.05, 0.1) is 6.04 Å². The highest BCUT2D eigenvalue weighted by Crippen LogP contribution is 2.01. The van der Waals surface area contributed by atoms with Crippen molar-refractivity contribution < 1.29 is 14.7 Å². The van der Waals surface area contributed by atoms with Crippen LogP contribution in [0, 0.1) is 5.92 Å². The summed E-state index contributed by atoms with van der Waals surface area (Å²) in [6.07, 6.45) is 1.13. The first-order valence-electron chi connectivity index (χ1n) is 5.18. The molecule has 5 nitrogen and oxygen atoms in total. The second-order valence-electron chi connectivity index (χ2n) is 3.96. The molecule has 4 N–H and O–H groups in total. The van der Waals surface area contributed by atoms with Crippen molar-refractivity contribution in [3.05, 3.63) is 0 Å². The van der Waals surface area contributed by atoms with E-state index in [9.17, 15) is 9.59 Å². The van der Waals surface area contributed by atoms with Crippen molar-refractivity contribution in [1.29, 1.82) is 0 Å². The minimum absolute atomic E-state index is 0.000992. The highest BCUT2D eigenvalue weighted by atomic mass is 16.4. The van der Waals surface area contributed by atoms with E-state index < -0.39 is 24.0 Å². The van der Waals surface area contributed by atoms with Gasteiger partial charge in [0, 0.05) is 0 Å². The smallest absolute Gasteiger partial charge is 0.326 e. The van der Waals surface area contributed by atoms with Gasteiger partial charge in [-0.1, -0.05) is 27.2 Å². The predicted molar refractivity (Wildman–Crippen MR) is 57.3 cm³/mol. The minimum Gasteiger partial charge on any atom is -0.480 e. The molecule has 0 saturated heterocycles. The van der Waals surface area contributed by atoms with Crippen molar-refractivity contribution in [3.8, 4) is 0 Å². The first-order valence-corrected chi connectivity index (χ1v) is 5.18. The van der Waals surface area contributed by atoms with Crippen LogP contribution in [0.1, 0.15) is 33.6 Å². The monoisotopic (exact) mass is 216 g/mol. The van der Waals surface area contributed by atoms with Crippen LogP contribution >= 0.6 is 0 Å². The van der Waals surface area contributed by atoms with Crippen molar-refractivity contribution in [2.24, 2.45) is 11.7 Å². The van der Waals surface area contributed by atoms with Gasteiger partial charge < -0.3 is 16.2 Å². The summed E-state index contributed by atoms with van der Waals surface area (Å²) in [4.78, 5) is 22.2. The van der Waals surface area contributed by atoms with E-state index in [4.69, 9.17) is 10.8 Å². The number of aliphatic carboxylic acids is 1. The standard InChI is InChI=1S/C10H20N2O3/c1-4-5-7(10(14)15)12-9(13)8(11)6(2)3/h6-8H,4-5,11H2,1-3H3,(H,12,13)(H,14,15)/t7-,8+/m0/s1. The van der Waals surface area contributed by atoms with Crippen LogP contribution in [0.4, 0.5) is 0 Å². The van der Waals surface area contributed by atoms with Gasteiger partial charge in [-0.05, 0) is 12.3 Å². The highest BCUT2D eigenvalue weighted by Gasteiger charge is 2.23. The van der Waals surface area contributed by atoms with Crippen LogP contribution in [0.2, 0.25) is 0 Å². The van der Waals surface area contributed by atoms with Gasteiger partial charge in [-0.25, -0.2) is 4.79 Å². The third-order valence-electron chi connectivity index (χ3n) is 2.21. The van der Waals surface area contributed by atoms with Gasteiger partial charge in [-0.3, -0.25) is 4.79 Å².